The lowest BCUT2D eigenvalue weighted by Gasteiger charge is -2.37. The molecule has 0 radical (unpaired) electrons. The second kappa shape index (κ2) is 9.73. The zero-order chi connectivity index (χ0) is 25.4. The maximum Gasteiger partial charge on any atom is 0.336 e. The fraction of sp³-hybridized carbons (Fsp3) is 0.259. The average Bonchev–Trinajstić information content (AvgIpc) is 3.31. The number of amides is 1. The van der Waals surface area contributed by atoms with E-state index in [2.05, 4.69) is 15.9 Å². The highest BCUT2D eigenvalue weighted by Gasteiger charge is 2.34. The zero-order valence-electron chi connectivity index (χ0n) is 20.0. The molecule has 0 bridgehead atoms. The van der Waals surface area contributed by atoms with Crippen LogP contribution in [0.15, 0.2) is 66.8 Å². The number of fused-ring (bicyclic) bond motifs is 2. The number of ether oxygens (including phenoxy) is 3. The first kappa shape index (κ1) is 24.0. The molecule has 1 atom stereocenters. The van der Waals surface area contributed by atoms with Crippen LogP contribution in [-0.2, 0) is 6.42 Å². The number of halogens is 1. The number of methoxy groups -OCH3 is 2. The Labute approximate surface area is 215 Å². The SMILES string of the molecule is COc1cc2c(cc1OC)C(COc1ccc3c(C)cc(=O)oc3c1)N(C(=O)c1ccc(Br)o1)CC2. The van der Waals surface area contributed by atoms with Crippen LogP contribution in [0.2, 0.25) is 0 Å². The molecule has 2 aromatic heterocycles. The van der Waals surface area contributed by atoms with Crippen LogP contribution in [0.5, 0.6) is 17.2 Å². The van der Waals surface area contributed by atoms with Crippen LogP contribution in [0, 0.1) is 6.92 Å². The van der Waals surface area contributed by atoms with Gasteiger partial charge in [-0.3, -0.25) is 4.79 Å². The van der Waals surface area contributed by atoms with Crippen LogP contribution in [0.1, 0.15) is 33.3 Å². The number of nitrogens with zero attached hydrogens (tertiary/aromatic N) is 1. The highest BCUT2D eigenvalue weighted by molar-refractivity contribution is 9.10. The number of carbonyl (C=O) groups excluding carboxylic acids is 1. The molecular formula is C27H24BrNO7. The van der Waals surface area contributed by atoms with Crippen LogP contribution in [-0.4, -0.2) is 38.2 Å². The molecule has 8 nitrogen and oxygen atoms in total. The highest BCUT2D eigenvalue weighted by Crippen LogP contribution is 2.39. The van der Waals surface area contributed by atoms with Crippen molar-refractivity contribution in [3.8, 4) is 17.2 Å². The Morgan fingerprint density at radius 3 is 2.56 bits per heavy atom. The van der Waals surface area contributed by atoms with E-state index in [0.717, 1.165) is 22.1 Å². The fourth-order valence-electron chi connectivity index (χ4n) is 4.59. The minimum Gasteiger partial charge on any atom is -0.493 e. The van der Waals surface area contributed by atoms with Gasteiger partial charge in [0, 0.05) is 24.1 Å². The minimum absolute atomic E-state index is 0.164. The van der Waals surface area contributed by atoms with Crippen molar-refractivity contribution in [1.29, 1.82) is 0 Å². The summed E-state index contributed by atoms with van der Waals surface area (Å²) in [7, 11) is 3.17. The van der Waals surface area contributed by atoms with Crippen molar-refractivity contribution in [3.05, 3.63) is 86.1 Å². The van der Waals surface area contributed by atoms with Crippen molar-refractivity contribution in [2.75, 3.05) is 27.4 Å². The van der Waals surface area contributed by atoms with Gasteiger partial charge in [0.15, 0.2) is 21.9 Å². The molecule has 0 spiro atoms. The minimum atomic E-state index is -0.426. The molecule has 0 fully saturated rings. The van der Waals surface area contributed by atoms with Crippen molar-refractivity contribution >= 4 is 32.8 Å². The molecule has 1 unspecified atom stereocenters. The van der Waals surface area contributed by atoms with Gasteiger partial charge in [-0.25, -0.2) is 4.79 Å². The molecule has 2 aromatic carbocycles. The van der Waals surface area contributed by atoms with Gasteiger partial charge in [0.25, 0.3) is 5.91 Å². The van der Waals surface area contributed by atoms with E-state index in [1.54, 1.807) is 37.3 Å². The molecule has 4 aromatic rings. The third kappa shape index (κ3) is 4.46. The summed E-state index contributed by atoms with van der Waals surface area (Å²) in [5, 5.41) is 0.835. The van der Waals surface area contributed by atoms with Gasteiger partial charge in [-0.15, -0.1) is 0 Å². The van der Waals surface area contributed by atoms with E-state index in [1.807, 2.05) is 31.2 Å². The predicted octanol–water partition coefficient (Wildman–Crippen LogP) is 5.29. The zero-order valence-corrected chi connectivity index (χ0v) is 21.6. The molecule has 1 aliphatic heterocycles. The van der Waals surface area contributed by atoms with Crippen molar-refractivity contribution in [1.82, 2.24) is 4.90 Å². The van der Waals surface area contributed by atoms with Crippen LogP contribution in [0.4, 0.5) is 0 Å². The van der Waals surface area contributed by atoms with Crippen LogP contribution in [0.3, 0.4) is 0 Å². The molecule has 1 amide bonds. The standard InChI is InChI=1S/C27H24BrNO7/c1-15-10-26(30)36-22-12-17(4-5-18(15)22)34-14-20-19-13-24(33-3)23(32-2)11-16(19)8-9-29(20)27(31)21-6-7-25(28)35-21/h4-7,10-13,20H,8-9,14H2,1-3H3. The van der Waals surface area contributed by atoms with Crippen molar-refractivity contribution in [3.63, 3.8) is 0 Å². The summed E-state index contributed by atoms with van der Waals surface area (Å²) in [6, 6.07) is 13.6. The summed E-state index contributed by atoms with van der Waals surface area (Å²) >= 11 is 3.27. The van der Waals surface area contributed by atoms with Gasteiger partial charge < -0.3 is 27.9 Å². The first-order valence-corrected chi connectivity index (χ1v) is 12.2. The summed E-state index contributed by atoms with van der Waals surface area (Å²) in [5.74, 6) is 1.72. The number of hydrogen-bond donors (Lipinski definition) is 0. The molecule has 5 rings (SSSR count). The lowest BCUT2D eigenvalue weighted by atomic mass is 9.92. The molecular weight excluding hydrogens is 530 g/mol. The Kier molecular flexibility index (Phi) is 6.49. The molecule has 36 heavy (non-hydrogen) atoms. The third-order valence-corrected chi connectivity index (χ3v) is 6.80. The van der Waals surface area contributed by atoms with Gasteiger partial charge in [0.05, 0.1) is 20.3 Å². The predicted molar refractivity (Wildman–Crippen MR) is 136 cm³/mol. The van der Waals surface area contributed by atoms with Crippen molar-refractivity contribution in [2.45, 2.75) is 19.4 Å². The molecule has 0 saturated carbocycles. The Morgan fingerprint density at radius 1 is 1.06 bits per heavy atom. The van der Waals surface area contributed by atoms with E-state index < -0.39 is 11.7 Å². The maximum atomic E-state index is 13.4. The lowest BCUT2D eigenvalue weighted by molar-refractivity contribution is 0.0556. The Hall–Kier alpha value is -3.72. The third-order valence-electron chi connectivity index (χ3n) is 6.38. The summed E-state index contributed by atoms with van der Waals surface area (Å²) < 4.78 is 28.6. The van der Waals surface area contributed by atoms with Crippen molar-refractivity contribution in [2.24, 2.45) is 0 Å². The fourth-order valence-corrected chi connectivity index (χ4v) is 4.90. The van der Waals surface area contributed by atoms with E-state index in [0.29, 0.717) is 40.5 Å². The second-order valence-electron chi connectivity index (χ2n) is 8.49. The number of rotatable bonds is 6. The summed E-state index contributed by atoms with van der Waals surface area (Å²) in [6.45, 7) is 2.49. The quantitative estimate of drug-likeness (QED) is 0.299. The van der Waals surface area contributed by atoms with Crippen molar-refractivity contribution < 1.29 is 27.8 Å². The Morgan fingerprint density at radius 2 is 1.83 bits per heavy atom. The topological polar surface area (TPSA) is 91.4 Å². The smallest absolute Gasteiger partial charge is 0.336 e. The lowest BCUT2D eigenvalue weighted by Crippen LogP contribution is -2.42. The van der Waals surface area contributed by atoms with E-state index in [-0.39, 0.29) is 18.3 Å². The molecule has 0 N–H and O–H groups in total. The summed E-state index contributed by atoms with van der Waals surface area (Å²) in [5.41, 5.74) is 2.81. The van der Waals surface area contributed by atoms with Gasteiger partial charge in [-0.2, -0.15) is 0 Å². The summed E-state index contributed by atoms with van der Waals surface area (Å²) in [6.07, 6.45) is 0.639. The number of carbonyl (C=O) groups is 1. The van der Waals surface area contributed by atoms with E-state index in [9.17, 15) is 9.59 Å². The maximum absolute atomic E-state index is 13.4. The van der Waals surface area contributed by atoms with Gasteiger partial charge in [0.2, 0.25) is 0 Å². The number of benzene rings is 2. The first-order valence-electron chi connectivity index (χ1n) is 11.4. The molecule has 3 heterocycles. The Bertz CT molecular complexity index is 1510. The van der Waals surface area contributed by atoms with Crippen LogP contribution in [0.25, 0.3) is 11.0 Å². The largest absolute Gasteiger partial charge is 0.493 e. The number of furan rings is 1. The van der Waals surface area contributed by atoms with E-state index >= 15 is 0 Å². The van der Waals surface area contributed by atoms with E-state index in [4.69, 9.17) is 23.0 Å². The van der Waals surface area contributed by atoms with E-state index in [1.165, 1.54) is 6.07 Å². The van der Waals surface area contributed by atoms with Gasteiger partial charge in [0.1, 0.15) is 17.9 Å². The molecule has 1 aliphatic rings. The van der Waals surface area contributed by atoms with Crippen LogP contribution >= 0.6 is 15.9 Å². The summed E-state index contributed by atoms with van der Waals surface area (Å²) in [4.78, 5) is 27.0. The molecule has 9 heteroatoms. The van der Waals surface area contributed by atoms with Gasteiger partial charge in [-0.05, 0) is 82.4 Å². The van der Waals surface area contributed by atoms with Gasteiger partial charge >= 0.3 is 5.63 Å². The molecule has 0 saturated heterocycles. The average molecular weight is 554 g/mol. The number of hydrogen-bond acceptors (Lipinski definition) is 7. The normalized spacial score (nSPS) is 15.0. The first-order chi connectivity index (χ1) is 17.4. The second-order valence-corrected chi connectivity index (χ2v) is 9.27. The highest BCUT2D eigenvalue weighted by atomic mass is 79.9. The monoisotopic (exact) mass is 553 g/mol. The van der Waals surface area contributed by atoms with Gasteiger partial charge in [-0.1, -0.05) is 0 Å². The molecule has 0 aliphatic carbocycles. The molecule has 186 valence electrons. The van der Waals surface area contributed by atoms with Crippen LogP contribution < -0.4 is 19.8 Å². The Balaban J connectivity index is 1.51. The number of aryl methyl sites for hydroxylation is 1.